The lowest BCUT2D eigenvalue weighted by Crippen LogP contribution is -2.25. The van der Waals surface area contributed by atoms with Gasteiger partial charge in [0.2, 0.25) is 10.0 Å². The van der Waals surface area contributed by atoms with Gasteiger partial charge in [-0.15, -0.1) is 0 Å². The number of nitrogens with zero attached hydrogens (tertiary/aromatic N) is 4. The molecule has 2 heterocycles. The summed E-state index contributed by atoms with van der Waals surface area (Å²) in [5, 5.41) is 20.1. The highest BCUT2D eigenvalue weighted by atomic mass is 32.2. The van der Waals surface area contributed by atoms with Gasteiger partial charge >= 0.3 is 5.97 Å². The lowest BCUT2D eigenvalue weighted by molar-refractivity contribution is 0.0503. The number of imidazole rings is 1. The maximum absolute atomic E-state index is 13.1. The summed E-state index contributed by atoms with van der Waals surface area (Å²) >= 11 is 0. The van der Waals surface area contributed by atoms with Crippen molar-refractivity contribution in [3.8, 4) is 6.07 Å². The van der Waals surface area contributed by atoms with E-state index in [9.17, 15) is 23.6 Å². The summed E-state index contributed by atoms with van der Waals surface area (Å²) in [5.41, 5.74) is 1.79. The third-order valence-electron chi connectivity index (χ3n) is 5.78. The molecule has 1 aliphatic rings. The van der Waals surface area contributed by atoms with Crippen molar-refractivity contribution in [1.29, 1.82) is 5.26 Å². The molecule has 3 aromatic rings. The number of carbonyl (C=O) groups excluding carboxylic acids is 1. The predicted octanol–water partition coefficient (Wildman–Crippen LogP) is 3.06. The van der Waals surface area contributed by atoms with Gasteiger partial charge in [-0.3, -0.25) is 0 Å². The van der Waals surface area contributed by atoms with Crippen LogP contribution in [0.15, 0.2) is 53.1 Å². The molecule has 35 heavy (non-hydrogen) atoms. The Morgan fingerprint density at radius 1 is 1.23 bits per heavy atom. The second kappa shape index (κ2) is 9.77. The Balaban J connectivity index is 1.63. The van der Waals surface area contributed by atoms with Gasteiger partial charge < -0.3 is 19.7 Å². The zero-order chi connectivity index (χ0) is 25.2. The molecule has 0 saturated carbocycles. The first kappa shape index (κ1) is 24.3. The lowest BCUT2D eigenvalue weighted by atomic mass is 10.1. The molecule has 0 aliphatic carbocycles. The molecule has 1 saturated heterocycles. The number of fused-ring (bicyclic) bond motifs is 1. The Labute approximate surface area is 203 Å². The van der Waals surface area contributed by atoms with Gasteiger partial charge in [-0.1, -0.05) is 12.1 Å². The van der Waals surface area contributed by atoms with Crippen LogP contribution >= 0.6 is 0 Å². The average Bonchev–Trinajstić information content (AvgIpc) is 3.52. The smallest absolute Gasteiger partial charge is 0.340 e. The maximum Gasteiger partial charge on any atom is 0.340 e. The quantitative estimate of drug-likeness (QED) is 0.290. The molecule has 0 radical (unpaired) electrons. The van der Waals surface area contributed by atoms with Crippen molar-refractivity contribution in [2.24, 2.45) is 0 Å². The second-order valence-corrected chi connectivity index (χ2v) is 10.4. The number of anilines is 1. The second-order valence-electron chi connectivity index (χ2n) is 8.27. The van der Waals surface area contributed by atoms with Crippen LogP contribution in [0.1, 0.15) is 29.0 Å². The van der Waals surface area contributed by atoms with Gasteiger partial charge in [0, 0.05) is 27.2 Å². The Morgan fingerprint density at radius 2 is 1.94 bits per heavy atom. The summed E-state index contributed by atoms with van der Waals surface area (Å²) in [5.74, 6) is -1.13. The largest absolute Gasteiger partial charge is 0.507 e. The summed E-state index contributed by atoms with van der Waals surface area (Å²) in [4.78, 5) is 22.3. The van der Waals surface area contributed by atoms with Gasteiger partial charge in [0.15, 0.2) is 11.6 Å². The van der Waals surface area contributed by atoms with Crippen molar-refractivity contribution in [2.45, 2.75) is 17.7 Å². The van der Waals surface area contributed by atoms with Crippen LogP contribution in [0.2, 0.25) is 0 Å². The van der Waals surface area contributed by atoms with E-state index >= 15 is 0 Å². The molecular weight excluding hydrogens is 470 g/mol. The molecule has 0 spiro atoms. The van der Waals surface area contributed by atoms with Gasteiger partial charge in [-0.05, 0) is 43.2 Å². The Hall–Kier alpha value is -3.88. The monoisotopic (exact) mass is 495 g/mol. The third kappa shape index (κ3) is 4.84. The lowest BCUT2D eigenvalue weighted by Gasteiger charge is -2.22. The van der Waals surface area contributed by atoms with E-state index in [0.29, 0.717) is 16.7 Å². The van der Waals surface area contributed by atoms with Crippen LogP contribution in [-0.2, 0) is 14.8 Å². The fourth-order valence-corrected chi connectivity index (χ4v) is 4.82. The van der Waals surface area contributed by atoms with E-state index in [1.54, 1.807) is 24.3 Å². The third-order valence-corrected chi connectivity index (χ3v) is 7.59. The molecule has 2 aromatic carbocycles. The first-order valence-electron chi connectivity index (χ1n) is 11.0. The van der Waals surface area contributed by atoms with E-state index in [2.05, 4.69) is 9.97 Å². The summed E-state index contributed by atoms with van der Waals surface area (Å²) in [6.07, 6.45) is 1.91. The molecule has 1 fully saturated rings. The molecule has 1 aliphatic heterocycles. The number of esters is 1. The zero-order valence-electron chi connectivity index (χ0n) is 19.4. The van der Waals surface area contributed by atoms with Crippen molar-refractivity contribution in [2.75, 3.05) is 38.7 Å². The number of allylic oxidation sites excluding steroid dienone is 1. The van der Waals surface area contributed by atoms with Gasteiger partial charge in [0.05, 0.1) is 27.2 Å². The van der Waals surface area contributed by atoms with Crippen LogP contribution in [0.4, 0.5) is 5.69 Å². The number of H-pyrrole nitrogens is 1. The fourth-order valence-electron chi connectivity index (χ4n) is 3.89. The summed E-state index contributed by atoms with van der Waals surface area (Å²) < 4.78 is 31.6. The first-order valence-corrected chi connectivity index (χ1v) is 12.4. The Bertz CT molecular complexity index is 1410. The van der Waals surface area contributed by atoms with Gasteiger partial charge in [0.25, 0.3) is 0 Å². The molecule has 0 atom stereocenters. The predicted molar refractivity (Wildman–Crippen MR) is 130 cm³/mol. The Morgan fingerprint density at radius 3 is 2.60 bits per heavy atom. The number of rotatable bonds is 7. The average molecular weight is 496 g/mol. The molecule has 10 nitrogen and oxygen atoms in total. The summed E-state index contributed by atoms with van der Waals surface area (Å²) in [6, 6.07) is 13.4. The standard InChI is InChI=1S/C24H25N5O5S/c1-28(2)35(32,33)16-9-10-21(29-11-5-6-12-29)17(13-16)24(31)34-15-22(30)18(14-25)23-26-19-7-3-4-8-20(19)27-23/h3-4,7-10,13,30H,5-6,11-12,15H2,1-2H3,(H,26,27)/b22-18-. The minimum absolute atomic E-state index is 0.0443. The summed E-state index contributed by atoms with van der Waals surface area (Å²) in [6.45, 7) is 0.883. The molecule has 182 valence electrons. The van der Waals surface area contributed by atoms with Crippen LogP contribution in [0.5, 0.6) is 0 Å². The van der Waals surface area contributed by atoms with Gasteiger partial charge in [-0.25, -0.2) is 22.5 Å². The molecule has 0 bridgehead atoms. The first-order chi connectivity index (χ1) is 16.7. The van der Waals surface area contributed by atoms with Crippen LogP contribution < -0.4 is 4.90 Å². The van der Waals surface area contributed by atoms with Crippen molar-refractivity contribution in [3.05, 3.63) is 59.6 Å². The van der Waals surface area contributed by atoms with E-state index in [1.165, 1.54) is 26.2 Å². The highest BCUT2D eigenvalue weighted by molar-refractivity contribution is 7.89. The number of hydrogen-bond acceptors (Lipinski definition) is 8. The molecule has 0 unspecified atom stereocenters. The van der Waals surface area contributed by atoms with Crippen molar-refractivity contribution >= 4 is 38.3 Å². The van der Waals surface area contributed by atoms with Crippen LogP contribution in [0, 0.1) is 11.3 Å². The SMILES string of the molecule is CN(C)S(=O)(=O)c1ccc(N2CCCC2)c(C(=O)OC/C(O)=C(\C#N)c2nc3ccccc3[nH]2)c1. The molecule has 0 amide bonds. The number of aliphatic hydroxyl groups is 1. The van der Waals surface area contributed by atoms with E-state index in [4.69, 9.17) is 4.74 Å². The number of ether oxygens (including phenoxy) is 1. The number of para-hydroxylation sites is 2. The van der Waals surface area contributed by atoms with E-state index < -0.39 is 28.4 Å². The molecule has 2 N–H and O–H groups in total. The van der Waals surface area contributed by atoms with Crippen molar-refractivity contribution in [3.63, 3.8) is 0 Å². The van der Waals surface area contributed by atoms with E-state index in [-0.39, 0.29) is 21.9 Å². The molecule has 1 aromatic heterocycles. The minimum Gasteiger partial charge on any atom is -0.507 e. The van der Waals surface area contributed by atoms with Crippen molar-refractivity contribution < 1.29 is 23.1 Å². The normalized spacial score (nSPS) is 14.7. The fraction of sp³-hybridized carbons (Fsp3) is 0.292. The minimum atomic E-state index is -3.78. The number of sulfonamides is 1. The number of aliphatic hydroxyl groups excluding tert-OH is 1. The number of nitrogens with one attached hydrogen (secondary N) is 1. The molecule has 11 heteroatoms. The van der Waals surface area contributed by atoms with E-state index in [1.807, 2.05) is 17.0 Å². The van der Waals surface area contributed by atoms with Crippen LogP contribution in [0.25, 0.3) is 16.6 Å². The van der Waals surface area contributed by atoms with Crippen LogP contribution in [0.3, 0.4) is 0 Å². The molecular formula is C24H25N5O5S. The number of aromatic nitrogens is 2. The van der Waals surface area contributed by atoms with E-state index in [0.717, 1.165) is 30.2 Å². The number of nitriles is 1. The number of benzene rings is 2. The number of aromatic amines is 1. The maximum atomic E-state index is 13.1. The van der Waals surface area contributed by atoms with Crippen molar-refractivity contribution in [1.82, 2.24) is 14.3 Å². The molecule has 4 rings (SSSR count). The van der Waals surface area contributed by atoms with Gasteiger partial charge in [0.1, 0.15) is 18.2 Å². The zero-order valence-corrected chi connectivity index (χ0v) is 20.2. The topological polar surface area (TPSA) is 140 Å². The summed E-state index contributed by atoms with van der Waals surface area (Å²) in [7, 11) is -0.960. The van der Waals surface area contributed by atoms with Gasteiger partial charge in [-0.2, -0.15) is 5.26 Å². The number of carbonyl (C=O) groups is 1. The highest BCUT2D eigenvalue weighted by Crippen LogP contribution is 2.29. The Kier molecular flexibility index (Phi) is 6.77. The van der Waals surface area contributed by atoms with Crippen LogP contribution in [-0.4, -0.2) is 67.6 Å². The number of hydrogen-bond donors (Lipinski definition) is 2. The highest BCUT2D eigenvalue weighted by Gasteiger charge is 2.26.